The van der Waals surface area contributed by atoms with E-state index in [4.69, 9.17) is 4.74 Å². The molecule has 142 valence electrons. The fourth-order valence-electron chi connectivity index (χ4n) is 4.28. The number of nitrogens with zero attached hydrogens (tertiary/aromatic N) is 1. The molecule has 0 aliphatic heterocycles. The fourth-order valence-corrected chi connectivity index (χ4v) is 4.28. The Kier molecular flexibility index (Phi) is 4.67. The van der Waals surface area contributed by atoms with Crippen LogP contribution in [0.2, 0.25) is 0 Å². The van der Waals surface area contributed by atoms with Gasteiger partial charge in [0.25, 0.3) is 5.91 Å². The van der Waals surface area contributed by atoms with Crippen LogP contribution in [0.4, 0.5) is 8.78 Å². The Hall–Kier alpha value is -2.18. The first-order valence-corrected chi connectivity index (χ1v) is 8.69. The van der Waals surface area contributed by atoms with Crippen molar-refractivity contribution in [3.63, 3.8) is 0 Å². The summed E-state index contributed by atoms with van der Waals surface area (Å²) < 4.78 is 34.2. The summed E-state index contributed by atoms with van der Waals surface area (Å²) in [6, 6.07) is 4.05. The summed E-state index contributed by atoms with van der Waals surface area (Å²) in [6.45, 7) is 3.78. The van der Waals surface area contributed by atoms with Crippen molar-refractivity contribution in [1.82, 2.24) is 5.43 Å². The molecule has 2 aliphatic rings. The average Bonchev–Trinajstić information content (AvgIpc) is 2.92. The summed E-state index contributed by atoms with van der Waals surface area (Å²) in [4.78, 5) is 12.4. The highest BCUT2D eigenvalue weighted by Gasteiger charge is 2.60. The van der Waals surface area contributed by atoms with Crippen molar-refractivity contribution in [3.8, 4) is 11.5 Å². The first kappa shape index (κ1) is 18.6. The van der Waals surface area contributed by atoms with Gasteiger partial charge in [0.1, 0.15) is 0 Å². The van der Waals surface area contributed by atoms with E-state index in [0.29, 0.717) is 5.92 Å². The number of hydrogen-bond acceptors (Lipinski definition) is 4. The summed E-state index contributed by atoms with van der Waals surface area (Å²) >= 11 is 0. The summed E-state index contributed by atoms with van der Waals surface area (Å²) in [5.41, 5.74) is 4.07. The van der Waals surface area contributed by atoms with Crippen LogP contribution in [0.1, 0.15) is 50.4 Å². The number of hydrazone groups is 1. The topological polar surface area (TPSA) is 59.9 Å². The first-order chi connectivity index (χ1) is 12.2. The van der Waals surface area contributed by atoms with Gasteiger partial charge < -0.3 is 9.47 Å². The molecule has 1 aromatic carbocycles. The van der Waals surface area contributed by atoms with Gasteiger partial charge in [0.2, 0.25) is 0 Å². The summed E-state index contributed by atoms with van der Waals surface area (Å²) in [5.74, 6) is 0.129. The van der Waals surface area contributed by atoms with Crippen LogP contribution in [0.25, 0.3) is 0 Å². The molecule has 0 radical (unpaired) electrons. The Morgan fingerprint density at radius 1 is 1.31 bits per heavy atom. The van der Waals surface area contributed by atoms with Gasteiger partial charge in [0.05, 0.1) is 7.11 Å². The lowest BCUT2D eigenvalue weighted by molar-refractivity contribution is -0.0512. The smallest absolute Gasteiger partial charge is 0.387 e. The molecule has 1 amide bonds. The number of halogens is 2. The minimum absolute atomic E-state index is 0.00238. The molecule has 0 heterocycles. The maximum atomic E-state index is 12.4. The van der Waals surface area contributed by atoms with Crippen molar-refractivity contribution in [1.29, 1.82) is 0 Å². The number of alkyl halides is 2. The lowest BCUT2D eigenvalue weighted by atomic mass is 9.70. The third-order valence-corrected chi connectivity index (χ3v) is 6.45. The second kappa shape index (κ2) is 6.52. The number of benzene rings is 1. The fraction of sp³-hybridized carbons (Fsp3) is 0.579. The number of hydrogen-bond donors (Lipinski definition) is 1. The lowest BCUT2D eigenvalue weighted by Crippen LogP contribution is -2.34. The Morgan fingerprint density at radius 3 is 2.58 bits per heavy atom. The van der Waals surface area contributed by atoms with Gasteiger partial charge in [0.15, 0.2) is 11.5 Å². The van der Waals surface area contributed by atoms with Gasteiger partial charge in [-0.1, -0.05) is 20.8 Å². The van der Waals surface area contributed by atoms with Gasteiger partial charge >= 0.3 is 6.61 Å². The Bertz CT molecular complexity index is 748. The number of amides is 1. The Morgan fingerprint density at radius 2 is 2.04 bits per heavy atom. The van der Waals surface area contributed by atoms with Crippen LogP contribution >= 0.6 is 0 Å². The third-order valence-electron chi connectivity index (χ3n) is 6.45. The highest BCUT2D eigenvalue weighted by atomic mass is 19.3. The van der Waals surface area contributed by atoms with E-state index in [1.54, 1.807) is 0 Å². The number of fused-ring (bicyclic) bond motifs is 2. The highest BCUT2D eigenvalue weighted by molar-refractivity contribution is 5.98. The minimum atomic E-state index is -2.96. The van der Waals surface area contributed by atoms with E-state index < -0.39 is 12.5 Å². The van der Waals surface area contributed by atoms with E-state index in [1.807, 2.05) is 0 Å². The molecule has 0 spiro atoms. The van der Waals surface area contributed by atoms with E-state index in [-0.39, 0.29) is 27.9 Å². The molecule has 0 aromatic heterocycles. The zero-order valence-corrected chi connectivity index (χ0v) is 15.4. The number of carbonyl (C=O) groups excluding carboxylic acids is 1. The molecule has 2 bridgehead atoms. The van der Waals surface area contributed by atoms with E-state index >= 15 is 0 Å². The maximum Gasteiger partial charge on any atom is 0.387 e. The van der Waals surface area contributed by atoms with Crippen LogP contribution in [0, 0.1) is 16.7 Å². The molecule has 2 saturated carbocycles. The molecule has 2 aliphatic carbocycles. The van der Waals surface area contributed by atoms with Gasteiger partial charge in [-0.2, -0.15) is 13.9 Å². The molecule has 0 saturated heterocycles. The largest absolute Gasteiger partial charge is 0.493 e. The van der Waals surface area contributed by atoms with Crippen molar-refractivity contribution < 1.29 is 23.0 Å². The molecule has 26 heavy (non-hydrogen) atoms. The molecule has 3 rings (SSSR count). The number of methoxy groups -OCH3 is 1. The van der Waals surface area contributed by atoms with Gasteiger partial charge in [0, 0.05) is 16.7 Å². The number of ether oxygens (including phenoxy) is 2. The van der Waals surface area contributed by atoms with E-state index in [0.717, 1.165) is 18.6 Å². The maximum absolute atomic E-state index is 12.4. The van der Waals surface area contributed by atoms with Crippen molar-refractivity contribution in [3.05, 3.63) is 23.8 Å². The van der Waals surface area contributed by atoms with Crippen LogP contribution in [0.3, 0.4) is 0 Å². The second-order valence-electron chi connectivity index (χ2n) is 7.74. The number of nitrogens with one attached hydrogen (secondary N) is 1. The SMILES string of the molecule is COc1cc(C(=O)N/N=C2/C[C@H]3CC[C@]2(C)C3(C)C)ccc1OC(F)F. The molecule has 5 nitrogen and oxygen atoms in total. The second-order valence-corrected chi connectivity index (χ2v) is 7.74. The van der Waals surface area contributed by atoms with Crippen molar-refractivity contribution >= 4 is 11.6 Å². The highest BCUT2D eigenvalue weighted by Crippen LogP contribution is 2.63. The lowest BCUT2D eigenvalue weighted by Gasteiger charge is -2.34. The van der Waals surface area contributed by atoms with Gasteiger partial charge in [-0.15, -0.1) is 0 Å². The minimum Gasteiger partial charge on any atom is -0.493 e. The predicted octanol–water partition coefficient (Wildman–Crippen LogP) is 4.23. The quantitative estimate of drug-likeness (QED) is 0.794. The zero-order chi connectivity index (χ0) is 19.1. The van der Waals surface area contributed by atoms with Crippen molar-refractivity contribution in [2.75, 3.05) is 7.11 Å². The van der Waals surface area contributed by atoms with Crippen molar-refractivity contribution in [2.45, 2.75) is 46.6 Å². The van der Waals surface area contributed by atoms with Crippen LogP contribution in [-0.4, -0.2) is 25.3 Å². The zero-order valence-electron chi connectivity index (χ0n) is 15.4. The molecular weight excluding hydrogens is 342 g/mol. The monoisotopic (exact) mass is 366 g/mol. The summed E-state index contributed by atoms with van der Waals surface area (Å²) in [7, 11) is 1.33. The Balaban J connectivity index is 1.75. The van der Waals surface area contributed by atoms with Crippen LogP contribution < -0.4 is 14.9 Å². The normalized spacial score (nSPS) is 27.8. The standard InChI is InChI=1S/C19H24F2N2O3/c1-18(2)12-7-8-19(18,3)15(10-12)22-23-16(24)11-5-6-13(26-17(20)21)14(9-11)25-4/h5-6,9,12,17H,7-8,10H2,1-4H3,(H,23,24)/b22-15-/t12-,19+/m1/s1. The molecule has 0 unspecified atom stereocenters. The van der Waals surface area contributed by atoms with E-state index in [1.165, 1.54) is 31.7 Å². The average molecular weight is 366 g/mol. The molecular formula is C19H24F2N2O3. The third kappa shape index (κ3) is 2.93. The molecule has 1 aromatic rings. The molecule has 1 N–H and O–H groups in total. The number of rotatable bonds is 5. The van der Waals surface area contributed by atoms with Crippen LogP contribution in [-0.2, 0) is 0 Å². The first-order valence-electron chi connectivity index (χ1n) is 8.69. The number of carbonyl (C=O) groups is 1. The van der Waals surface area contributed by atoms with E-state index in [9.17, 15) is 13.6 Å². The van der Waals surface area contributed by atoms with Gasteiger partial charge in [-0.3, -0.25) is 4.79 Å². The molecule has 2 atom stereocenters. The summed E-state index contributed by atoms with van der Waals surface area (Å²) in [5, 5.41) is 4.40. The van der Waals surface area contributed by atoms with E-state index in [2.05, 4.69) is 36.0 Å². The molecule has 7 heteroatoms. The summed E-state index contributed by atoms with van der Waals surface area (Å²) in [6.07, 6.45) is 3.17. The van der Waals surface area contributed by atoms with Crippen molar-refractivity contribution in [2.24, 2.45) is 21.8 Å². The van der Waals surface area contributed by atoms with Gasteiger partial charge in [-0.05, 0) is 48.8 Å². The Labute approximate surface area is 151 Å². The van der Waals surface area contributed by atoms with Crippen LogP contribution in [0.5, 0.6) is 11.5 Å². The van der Waals surface area contributed by atoms with Gasteiger partial charge in [-0.25, -0.2) is 5.43 Å². The van der Waals surface area contributed by atoms with Crippen LogP contribution in [0.15, 0.2) is 23.3 Å². The molecule has 2 fully saturated rings. The predicted molar refractivity (Wildman–Crippen MR) is 93.8 cm³/mol.